The molecule has 7 heteroatoms. The number of piperidine rings is 1. The van der Waals surface area contributed by atoms with E-state index in [1.807, 2.05) is 41.3 Å². The van der Waals surface area contributed by atoms with Crippen LogP contribution in [0.4, 0.5) is 5.82 Å². The van der Waals surface area contributed by atoms with Crippen LogP contribution < -0.4 is 11.1 Å². The number of hydrogen-bond donors (Lipinski definition) is 2. The van der Waals surface area contributed by atoms with E-state index in [0.717, 1.165) is 24.1 Å². The number of pyridine rings is 1. The number of amides is 2. The van der Waals surface area contributed by atoms with Gasteiger partial charge < -0.3 is 20.7 Å². The van der Waals surface area contributed by atoms with E-state index in [-0.39, 0.29) is 23.6 Å². The molecule has 0 atom stereocenters. The van der Waals surface area contributed by atoms with Gasteiger partial charge in [0.25, 0.3) is 11.8 Å². The fraction of sp³-hybridized carbons (Fsp3) is 0.435. The molecule has 0 unspecified atom stereocenters. The van der Waals surface area contributed by atoms with E-state index >= 15 is 0 Å². The van der Waals surface area contributed by atoms with Gasteiger partial charge in [0.1, 0.15) is 11.4 Å². The quantitative estimate of drug-likeness (QED) is 0.763. The summed E-state index contributed by atoms with van der Waals surface area (Å²) in [6, 6.07) is 13.3. The van der Waals surface area contributed by atoms with Gasteiger partial charge in [0.05, 0.1) is 5.56 Å². The van der Waals surface area contributed by atoms with Crippen molar-refractivity contribution in [1.82, 2.24) is 15.2 Å². The fourth-order valence-electron chi connectivity index (χ4n) is 3.63. The second kappa shape index (κ2) is 9.26. The molecule has 2 heterocycles. The van der Waals surface area contributed by atoms with Crippen LogP contribution in [0.5, 0.6) is 0 Å². The first-order valence-electron chi connectivity index (χ1n) is 10.2. The Morgan fingerprint density at radius 2 is 1.83 bits per heavy atom. The number of benzene rings is 1. The lowest BCUT2D eigenvalue weighted by Crippen LogP contribution is -2.49. The molecule has 1 aromatic carbocycles. The normalized spacial score (nSPS) is 15.1. The van der Waals surface area contributed by atoms with Crippen LogP contribution in [0.15, 0.2) is 42.5 Å². The summed E-state index contributed by atoms with van der Waals surface area (Å²) in [5.74, 6) is 0.208. The van der Waals surface area contributed by atoms with Gasteiger partial charge in [0.15, 0.2) is 0 Å². The van der Waals surface area contributed by atoms with Gasteiger partial charge in [0, 0.05) is 38.4 Å². The molecule has 3 rings (SSSR count). The molecule has 1 aliphatic rings. The number of likely N-dealkylation sites (tertiary alicyclic amines) is 1. The third-order valence-corrected chi connectivity index (χ3v) is 5.71. The highest BCUT2D eigenvalue weighted by Crippen LogP contribution is 2.29. The van der Waals surface area contributed by atoms with Crippen LogP contribution in [-0.4, -0.2) is 47.5 Å². The molecule has 0 bridgehead atoms. The number of nitrogen functional groups attached to an aromatic ring is 1. The Bertz CT molecular complexity index is 891. The molecule has 0 saturated carbocycles. The zero-order chi connectivity index (χ0) is 21.7. The first kappa shape index (κ1) is 21.8. The summed E-state index contributed by atoms with van der Waals surface area (Å²) in [4.78, 5) is 31.4. The molecule has 2 amide bonds. The molecular weight excluding hydrogens is 380 g/mol. The van der Waals surface area contributed by atoms with Crippen LogP contribution >= 0.6 is 0 Å². The van der Waals surface area contributed by atoms with Gasteiger partial charge in [-0.15, -0.1) is 0 Å². The molecule has 30 heavy (non-hydrogen) atoms. The Balaban J connectivity index is 1.59. The zero-order valence-corrected chi connectivity index (χ0v) is 17.9. The van der Waals surface area contributed by atoms with Gasteiger partial charge in [-0.3, -0.25) is 9.59 Å². The van der Waals surface area contributed by atoms with Gasteiger partial charge in [-0.25, -0.2) is 4.98 Å². The zero-order valence-electron chi connectivity index (χ0n) is 17.9. The summed E-state index contributed by atoms with van der Waals surface area (Å²) < 4.78 is 5.31. The van der Waals surface area contributed by atoms with Crippen molar-refractivity contribution in [3.05, 3.63) is 59.3 Å². The molecule has 2 aromatic rings. The minimum absolute atomic E-state index is 0.00126. The van der Waals surface area contributed by atoms with Crippen molar-refractivity contribution in [3.63, 3.8) is 0 Å². The van der Waals surface area contributed by atoms with E-state index in [1.165, 1.54) is 0 Å². The monoisotopic (exact) mass is 410 g/mol. The Labute approximate surface area is 177 Å². The van der Waals surface area contributed by atoms with Crippen LogP contribution in [0.1, 0.15) is 54.2 Å². The molecule has 1 aliphatic heterocycles. The predicted molar refractivity (Wildman–Crippen MR) is 116 cm³/mol. The molecule has 1 saturated heterocycles. The van der Waals surface area contributed by atoms with E-state index in [4.69, 9.17) is 10.5 Å². The number of anilines is 1. The second-order valence-electron chi connectivity index (χ2n) is 8.12. The number of carbonyl (C=O) groups is 2. The lowest BCUT2D eigenvalue weighted by molar-refractivity contribution is -0.152. The summed E-state index contributed by atoms with van der Waals surface area (Å²) in [5.41, 5.74) is 7.55. The van der Waals surface area contributed by atoms with E-state index in [2.05, 4.69) is 10.3 Å². The van der Waals surface area contributed by atoms with Crippen molar-refractivity contribution < 1.29 is 14.3 Å². The molecule has 0 radical (unpaired) electrons. The molecular formula is C23H30N4O3. The number of nitrogens with one attached hydrogen (secondary N) is 1. The summed E-state index contributed by atoms with van der Waals surface area (Å²) >= 11 is 0. The number of rotatable bonds is 6. The van der Waals surface area contributed by atoms with Gasteiger partial charge in [-0.2, -0.15) is 0 Å². The van der Waals surface area contributed by atoms with Crippen molar-refractivity contribution in [3.8, 4) is 0 Å². The number of hydrogen-bond acceptors (Lipinski definition) is 5. The van der Waals surface area contributed by atoms with Gasteiger partial charge in [-0.05, 0) is 44.4 Å². The van der Waals surface area contributed by atoms with Gasteiger partial charge in [0.2, 0.25) is 0 Å². The van der Waals surface area contributed by atoms with E-state index in [9.17, 15) is 9.59 Å². The van der Waals surface area contributed by atoms with Crippen molar-refractivity contribution in [2.75, 3.05) is 25.9 Å². The minimum Gasteiger partial charge on any atom is -0.383 e. The molecule has 0 aliphatic carbocycles. The molecule has 160 valence electrons. The number of nitrogens with two attached hydrogens (primary N) is 1. The summed E-state index contributed by atoms with van der Waals surface area (Å²) in [6.07, 6.45) is 1.61. The Hall–Kier alpha value is -2.93. The number of methoxy groups -OCH3 is 1. The predicted octanol–water partition coefficient (Wildman–Crippen LogP) is 2.72. The highest BCUT2D eigenvalue weighted by molar-refractivity contribution is 5.98. The smallest absolute Gasteiger partial charge is 0.255 e. The van der Waals surface area contributed by atoms with E-state index in [0.29, 0.717) is 25.2 Å². The fourth-order valence-corrected chi connectivity index (χ4v) is 3.63. The summed E-state index contributed by atoms with van der Waals surface area (Å²) in [7, 11) is 1.55. The topological polar surface area (TPSA) is 97.5 Å². The first-order valence-corrected chi connectivity index (χ1v) is 10.2. The van der Waals surface area contributed by atoms with Gasteiger partial charge >= 0.3 is 0 Å². The van der Waals surface area contributed by atoms with Crippen LogP contribution in [0.2, 0.25) is 0 Å². The summed E-state index contributed by atoms with van der Waals surface area (Å²) in [6.45, 7) is 5.30. The van der Waals surface area contributed by atoms with Crippen molar-refractivity contribution in [2.45, 2.75) is 44.8 Å². The van der Waals surface area contributed by atoms with Crippen LogP contribution in [0.25, 0.3) is 0 Å². The number of aromatic nitrogens is 1. The van der Waals surface area contributed by atoms with Gasteiger partial charge in [-0.1, -0.05) is 30.3 Å². The largest absolute Gasteiger partial charge is 0.383 e. The van der Waals surface area contributed by atoms with E-state index < -0.39 is 5.60 Å². The third kappa shape index (κ3) is 4.97. The average Bonchev–Trinajstić information content (AvgIpc) is 2.77. The lowest BCUT2D eigenvalue weighted by atomic mass is 9.91. The molecule has 1 fully saturated rings. The molecule has 3 N–H and O–H groups in total. The maximum atomic E-state index is 12.6. The number of ether oxygens (including phenoxy) is 1. The molecule has 1 aromatic heterocycles. The van der Waals surface area contributed by atoms with E-state index in [1.54, 1.807) is 27.0 Å². The Kier molecular flexibility index (Phi) is 6.72. The van der Waals surface area contributed by atoms with Crippen molar-refractivity contribution in [1.29, 1.82) is 0 Å². The Morgan fingerprint density at radius 1 is 1.17 bits per heavy atom. The molecule has 0 spiro atoms. The van der Waals surface area contributed by atoms with Crippen LogP contribution in [0.3, 0.4) is 0 Å². The third-order valence-electron chi connectivity index (χ3n) is 5.71. The maximum absolute atomic E-state index is 12.6. The summed E-state index contributed by atoms with van der Waals surface area (Å²) in [5, 5.41) is 2.88. The molecule has 7 nitrogen and oxygen atoms in total. The second-order valence-corrected chi connectivity index (χ2v) is 8.12. The van der Waals surface area contributed by atoms with Crippen LogP contribution in [-0.2, 0) is 16.1 Å². The first-order chi connectivity index (χ1) is 14.3. The van der Waals surface area contributed by atoms with Crippen molar-refractivity contribution in [2.24, 2.45) is 0 Å². The SMILES string of the molecule is COC(C)(C)C(=O)N1CCC(c2ccc(C(=O)NCc3ccccc3)c(N)n2)CC1. The Morgan fingerprint density at radius 3 is 2.43 bits per heavy atom. The number of carbonyl (C=O) groups excluding carboxylic acids is 2. The standard InChI is InChI=1S/C23H30N4O3/c1-23(2,30-3)22(29)27-13-11-17(12-14-27)19-10-9-18(20(24)26-19)21(28)25-15-16-7-5-4-6-8-16/h4-10,17H,11-15H2,1-3H3,(H2,24,26)(H,25,28). The highest BCUT2D eigenvalue weighted by atomic mass is 16.5. The number of nitrogens with zero attached hydrogens (tertiary/aromatic N) is 2. The lowest BCUT2D eigenvalue weighted by Gasteiger charge is -2.36. The minimum atomic E-state index is -0.815. The highest BCUT2D eigenvalue weighted by Gasteiger charge is 2.34. The maximum Gasteiger partial charge on any atom is 0.255 e. The van der Waals surface area contributed by atoms with Crippen molar-refractivity contribution >= 4 is 17.6 Å². The average molecular weight is 411 g/mol. The van der Waals surface area contributed by atoms with Crippen LogP contribution in [0, 0.1) is 0 Å².